The number of amides is 1. The molecule has 30 heavy (non-hydrogen) atoms. The standard InChI is InChI=1S/C23H27NO6/c1-16(25)29-20-13-9-8-12-18(20)14-19(24-22(27)30-23(2,3)4)21(26)28-15-17-10-6-5-7-11-17/h5-13,19H,14-15H2,1-4H3,(H,24,27)/t19-/m0/s1. The summed E-state index contributed by atoms with van der Waals surface area (Å²) in [5.74, 6) is -0.787. The van der Waals surface area contributed by atoms with Crippen LogP contribution in [0.15, 0.2) is 54.6 Å². The van der Waals surface area contributed by atoms with E-state index in [0.717, 1.165) is 5.56 Å². The van der Waals surface area contributed by atoms with Crippen molar-refractivity contribution in [3.05, 3.63) is 65.7 Å². The molecular weight excluding hydrogens is 386 g/mol. The molecule has 160 valence electrons. The van der Waals surface area contributed by atoms with Crippen molar-refractivity contribution in [3.63, 3.8) is 0 Å². The third-order valence-corrected chi connectivity index (χ3v) is 3.85. The van der Waals surface area contributed by atoms with Crippen molar-refractivity contribution < 1.29 is 28.6 Å². The molecule has 0 saturated heterocycles. The summed E-state index contributed by atoms with van der Waals surface area (Å²) in [5, 5.41) is 2.56. The van der Waals surface area contributed by atoms with E-state index in [0.29, 0.717) is 11.3 Å². The number of alkyl carbamates (subject to hydrolysis) is 1. The summed E-state index contributed by atoms with van der Waals surface area (Å²) in [6.07, 6.45) is -0.676. The van der Waals surface area contributed by atoms with Crippen LogP contribution < -0.4 is 10.1 Å². The minimum Gasteiger partial charge on any atom is -0.459 e. The first-order valence-electron chi connectivity index (χ1n) is 9.60. The van der Waals surface area contributed by atoms with Gasteiger partial charge in [-0.2, -0.15) is 0 Å². The zero-order chi connectivity index (χ0) is 22.1. The molecule has 2 aromatic carbocycles. The number of carbonyl (C=O) groups is 3. The van der Waals surface area contributed by atoms with Crippen molar-refractivity contribution in [2.45, 2.75) is 52.4 Å². The van der Waals surface area contributed by atoms with Gasteiger partial charge in [0.25, 0.3) is 0 Å². The van der Waals surface area contributed by atoms with Crippen LogP contribution in [0.5, 0.6) is 5.75 Å². The number of nitrogens with one attached hydrogen (secondary N) is 1. The zero-order valence-corrected chi connectivity index (χ0v) is 17.6. The lowest BCUT2D eigenvalue weighted by molar-refractivity contribution is -0.147. The third-order valence-electron chi connectivity index (χ3n) is 3.85. The van der Waals surface area contributed by atoms with Crippen LogP contribution in [0.2, 0.25) is 0 Å². The highest BCUT2D eigenvalue weighted by Gasteiger charge is 2.27. The summed E-state index contributed by atoms with van der Waals surface area (Å²) < 4.78 is 15.9. The molecular formula is C23H27NO6. The van der Waals surface area contributed by atoms with E-state index in [1.165, 1.54) is 6.92 Å². The van der Waals surface area contributed by atoms with E-state index in [1.807, 2.05) is 30.3 Å². The lowest BCUT2D eigenvalue weighted by atomic mass is 10.0. The van der Waals surface area contributed by atoms with Crippen LogP contribution >= 0.6 is 0 Å². The second kappa shape index (κ2) is 10.4. The van der Waals surface area contributed by atoms with Gasteiger partial charge in [-0.15, -0.1) is 0 Å². The minimum atomic E-state index is -1.03. The van der Waals surface area contributed by atoms with Crippen LogP contribution in [0, 0.1) is 0 Å². The number of benzene rings is 2. The summed E-state index contributed by atoms with van der Waals surface area (Å²) in [4.78, 5) is 36.4. The predicted octanol–water partition coefficient (Wildman–Crippen LogP) is 3.79. The highest BCUT2D eigenvalue weighted by Crippen LogP contribution is 2.21. The van der Waals surface area contributed by atoms with E-state index in [-0.39, 0.29) is 13.0 Å². The Morgan fingerprint density at radius 1 is 0.967 bits per heavy atom. The van der Waals surface area contributed by atoms with Crippen molar-refractivity contribution in [2.24, 2.45) is 0 Å². The van der Waals surface area contributed by atoms with Gasteiger partial charge >= 0.3 is 18.0 Å². The van der Waals surface area contributed by atoms with Crippen molar-refractivity contribution in [1.82, 2.24) is 5.32 Å². The largest absolute Gasteiger partial charge is 0.459 e. The molecule has 0 unspecified atom stereocenters. The van der Waals surface area contributed by atoms with Crippen molar-refractivity contribution in [1.29, 1.82) is 0 Å². The van der Waals surface area contributed by atoms with E-state index in [2.05, 4.69) is 5.32 Å². The van der Waals surface area contributed by atoms with Crippen LogP contribution in [0.3, 0.4) is 0 Å². The quantitative estimate of drug-likeness (QED) is 0.549. The van der Waals surface area contributed by atoms with Crippen molar-refractivity contribution >= 4 is 18.0 Å². The number of rotatable bonds is 7. The van der Waals surface area contributed by atoms with Gasteiger partial charge in [-0.05, 0) is 38.0 Å². The molecule has 7 nitrogen and oxygen atoms in total. The molecule has 0 aliphatic heterocycles. The Morgan fingerprint density at radius 2 is 1.60 bits per heavy atom. The first kappa shape index (κ1) is 22.9. The fraction of sp³-hybridized carbons (Fsp3) is 0.348. The van der Waals surface area contributed by atoms with E-state index in [4.69, 9.17) is 14.2 Å². The van der Waals surface area contributed by atoms with Gasteiger partial charge in [0.15, 0.2) is 0 Å². The van der Waals surface area contributed by atoms with Crippen LogP contribution in [0.25, 0.3) is 0 Å². The van der Waals surface area contributed by atoms with Gasteiger partial charge in [0, 0.05) is 13.3 Å². The number of ether oxygens (including phenoxy) is 3. The summed E-state index contributed by atoms with van der Waals surface area (Å²) >= 11 is 0. The maximum atomic E-state index is 12.8. The second-order valence-corrected chi connectivity index (χ2v) is 7.70. The molecule has 1 atom stereocenters. The molecule has 0 heterocycles. The highest BCUT2D eigenvalue weighted by atomic mass is 16.6. The van der Waals surface area contributed by atoms with E-state index >= 15 is 0 Å². The van der Waals surface area contributed by atoms with Gasteiger partial charge in [0.1, 0.15) is 24.0 Å². The van der Waals surface area contributed by atoms with Crippen LogP contribution in [0.1, 0.15) is 38.8 Å². The monoisotopic (exact) mass is 413 g/mol. The Bertz CT molecular complexity index is 873. The number of para-hydroxylation sites is 1. The van der Waals surface area contributed by atoms with Crippen LogP contribution in [0.4, 0.5) is 4.79 Å². The van der Waals surface area contributed by atoms with Crippen LogP contribution in [-0.4, -0.2) is 29.7 Å². The Morgan fingerprint density at radius 3 is 2.23 bits per heavy atom. The molecule has 0 aromatic heterocycles. The zero-order valence-electron chi connectivity index (χ0n) is 17.6. The Balaban J connectivity index is 2.17. The Hall–Kier alpha value is -3.35. The van der Waals surface area contributed by atoms with Crippen LogP contribution in [-0.2, 0) is 32.1 Å². The lowest BCUT2D eigenvalue weighted by Crippen LogP contribution is -2.45. The van der Waals surface area contributed by atoms with Gasteiger partial charge in [-0.25, -0.2) is 9.59 Å². The third kappa shape index (κ3) is 7.95. The molecule has 0 aliphatic rings. The summed E-state index contributed by atoms with van der Waals surface area (Å²) in [7, 11) is 0. The predicted molar refractivity (Wildman–Crippen MR) is 111 cm³/mol. The smallest absolute Gasteiger partial charge is 0.408 e. The first-order chi connectivity index (χ1) is 14.1. The first-order valence-corrected chi connectivity index (χ1v) is 9.60. The van der Waals surface area contributed by atoms with Gasteiger partial charge in [0.05, 0.1) is 0 Å². The summed E-state index contributed by atoms with van der Waals surface area (Å²) in [6, 6.07) is 15.0. The molecule has 1 N–H and O–H groups in total. The molecule has 0 bridgehead atoms. The summed E-state index contributed by atoms with van der Waals surface area (Å²) in [5.41, 5.74) is 0.672. The molecule has 2 rings (SSSR count). The minimum absolute atomic E-state index is 0.0658. The average Bonchev–Trinajstić information content (AvgIpc) is 2.66. The number of hydrogen-bond donors (Lipinski definition) is 1. The Kier molecular flexibility index (Phi) is 7.98. The normalized spacial score (nSPS) is 11.9. The van der Waals surface area contributed by atoms with Gasteiger partial charge in [-0.3, -0.25) is 4.79 Å². The second-order valence-electron chi connectivity index (χ2n) is 7.70. The van der Waals surface area contributed by atoms with E-state index < -0.39 is 29.7 Å². The molecule has 2 aromatic rings. The number of hydrogen-bond acceptors (Lipinski definition) is 6. The van der Waals surface area contributed by atoms with Gasteiger partial charge in [0.2, 0.25) is 0 Å². The summed E-state index contributed by atoms with van der Waals surface area (Å²) in [6.45, 7) is 6.54. The fourth-order valence-corrected chi connectivity index (χ4v) is 2.62. The van der Waals surface area contributed by atoms with Crippen molar-refractivity contribution in [2.75, 3.05) is 0 Å². The van der Waals surface area contributed by atoms with Gasteiger partial charge < -0.3 is 19.5 Å². The topological polar surface area (TPSA) is 90.9 Å². The maximum absolute atomic E-state index is 12.8. The number of carbonyl (C=O) groups excluding carboxylic acids is 3. The van der Waals surface area contributed by atoms with Crippen molar-refractivity contribution in [3.8, 4) is 5.75 Å². The highest BCUT2D eigenvalue weighted by molar-refractivity contribution is 5.82. The molecule has 0 saturated carbocycles. The fourth-order valence-electron chi connectivity index (χ4n) is 2.62. The molecule has 0 radical (unpaired) electrons. The number of esters is 2. The Labute approximate surface area is 176 Å². The van der Waals surface area contributed by atoms with E-state index in [9.17, 15) is 14.4 Å². The molecule has 7 heteroatoms. The lowest BCUT2D eigenvalue weighted by Gasteiger charge is -2.23. The molecule has 1 amide bonds. The maximum Gasteiger partial charge on any atom is 0.408 e. The van der Waals surface area contributed by atoms with Gasteiger partial charge in [-0.1, -0.05) is 48.5 Å². The molecule has 0 aliphatic carbocycles. The van der Waals surface area contributed by atoms with E-state index in [1.54, 1.807) is 45.0 Å². The SMILES string of the molecule is CC(=O)Oc1ccccc1C[C@H](NC(=O)OC(C)(C)C)C(=O)OCc1ccccc1. The molecule has 0 spiro atoms. The average molecular weight is 413 g/mol. The molecule has 0 fully saturated rings.